The van der Waals surface area contributed by atoms with Gasteiger partial charge in [-0.2, -0.15) is 0 Å². The molecule has 0 unspecified atom stereocenters. The summed E-state index contributed by atoms with van der Waals surface area (Å²) in [5.41, 5.74) is 12.6. The predicted octanol–water partition coefficient (Wildman–Crippen LogP) is 6.59. The number of fused-ring (bicyclic) bond motifs is 1. The van der Waals surface area contributed by atoms with E-state index < -0.39 is 0 Å². The number of urea groups is 1. The molecule has 0 atom stereocenters. The first-order chi connectivity index (χ1) is 19.5. The molecule has 7 nitrogen and oxygen atoms in total. The highest BCUT2D eigenvalue weighted by molar-refractivity contribution is 6.30. The molecule has 5 heterocycles. The Hall–Kier alpha value is -3.42. The zero-order chi connectivity index (χ0) is 27.6. The topological polar surface area (TPSA) is 80.3 Å². The van der Waals surface area contributed by atoms with Gasteiger partial charge in [0.25, 0.3) is 0 Å². The second-order valence-corrected chi connectivity index (χ2v) is 11.8. The van der Waals surface area contributed by atoms with E-state index in [9.17, 15) is 4.79 Å². The largest absolute Gasteiger partial charge is 0.351 e. The molecule has 2 aliphatic heterocycles. The van der Waals surface area contributed by atoms with E-state index >= 15 is 0 Å². The van der Waals surface area contributed by atoms with E-state index in [0.717, 1.165) is 50.0 Å². The number of hydrogen-bond donors (Lipinski definition) is 1. The first kappa shape index (κ1) is 26.8. The first-order valence-corrected chi connectivity index (χ1v) is 14.8. The molecule has 0 radical (unpaired) electrons. The fourth-order valence-electron chi connectivity index (χ4n) is 6.69. The Morgan fingerprint density at radius 2 is 1.65 bits per heavy atom. The summed E-state index contributed by atoms with van der Waals surface area (Å²) in [7, 11) is 2.22. The molecule has 1 aromatic carbocycles. The Bertz CT molecular complexity index is 1480. The molecule has 2 N–H and O–H groups in total. The maximum absolute atomic E-state index is 11.9. The van der Waals surface area contributed by atoms with Gasteiger partial charge in [0.1, 0.15) is 0 Å². The molecule has 3 aromatic heterocycles. The Kier molecular flexibility index (Phi) is 7.76. The van der Waals surface area contributed by atoms with Gasteiger partial charge in [-0.25, -0.2) is 4.79 Å². The lowest BCUT2D eigenvalue weighted by atomic mass is 9.85. The zero-order valence-corrected chi connectivity index (χ0v) is 23.9. The van der Waals surface area contributed by atoms with Crippen molar-refractivity contribution in [1.29, 1.82) is 0 Å². The monoisotopic (exact) mass is 556 g/mol. The number of nitrogens with zero attached hydrogens (tertiary/aromatic N) is 5. The van der Waals surface area contributed by atoms with E-state index in [-0.39, 0.29) is 11.9 Å². The molecule has 0 spiro atoms. The first-order valence-electron chi connectivity index (χ1n) is 14.4. The van der Waals surface area contributed by atoms with Crippen molar-refractivity contribution in [2.75, 3.05) is 33.2 Å². The summed E-state index contributed by atoms with van der Waals surface area (Å²) in [6.07, 6.45) is 12.2. The number of rotatable bonds is 4. The molecular formula is C32H37ClN6O. The number of primary amides is 1. The molecule has 2 aliphatic rings. The van der Waals surface area contributed by atoms with Gasteiger partial charge >= 0.3 is 6.03 Å². The number of carbonyl (C=O) groups excluding carboxylic acids is 1. The number of amides is 2. The van der Waals surface area contributed by atoms with Crippen LogP contribution in [-0.2, 0) is 0 Å². The van der Waals surface area contributed by atoms with Crippen LogP contribution in [0.15, 0.2) is 61.1 Å². The van der Waals surface area contributed by atoms with Crippen LogP contribution in [0.25, 0.3) is 27.8 Å². The summed E-state index contributed by atoms with van der Waals surface area (Å²) < 4.78 is 2.33. The minimum absolute atomic E-state index is 0.289. The Labute approximate surface area is 241 Å². The molecule has 8 heteroatoms. The lowest BCUT2D eigenvalue weighted by molar-refractivity contribution is 0.191. The summed E-state index contributed by atoms with van der Waals surface area (Å²) in [5, 5.41) is 1.91. The van der Waals surface area contributed by atoms with Gasteiger partial charge < -0.3 is 20.1 Å². The van der Waals surface area contributed by atoms with Crippen molar-refractivity contribution in [3.63, 3.8) is 0 Å². The van der Waals surface area contributed by atoms with E-state index in [1.165, 1.54) is 40.7 Å². The second-order valence-electron chi connectivity index (χ2n) is 11.3. The molecule has 2 saturated heterocycles. The van der Waals surface area contributed by atoms with E-state index in [1.54, 1.807) is 4.90 Å². The van der Waals surface area contributed by atoms with Gasteiger partial charge in [0.15, 0.2) is 0 Å². The average molecular weight is 557 g/mol. The van der Waals surface area contributed by atoms with Crippen molar-refractivity contribution >= 4 is 28.5 Å². The molecule has 0 bridgehead atoms. The summed E-state index contributed by atoms with van der Waals surface area (Å²) >= 11 is 6.31. The van der Waals surface area contributed by atoms with Gasteiger partial charge in [-0.1, -0.05) is 11.6 Å². The van der Waals surface area contributed by atoms with Crippen molar-refractivity contribution in [1.82, 2.24) is 24.3 Å². The van der Waals surface area contributed by atoms with Crippen LogP contribution in [0, 0.1) is 0 Å². The fourth-order valence-corrected chi connectivity index (χ4v) is 6.82. The normalized spacial score (nSPS) is 18.1. The number of nitrogens with two attached hydrogens (primary N) is 1. The van der Waals surface area contributed by atoms with Gasteiger partial charge in [-0.3, -0.25) is 9.97 Å². The van der Waals surface area contributed by atoms with Crippen LogP contribution < -0.4 is 5.73 Å². The predicted molar refractivity (Wildman–Crippen MR) is 161 cm³/mol. The van der Waals surface area contributed by atoms with Gasteiger partial charge in [-0.15, -0.1) is 0 Å². The lowest BCUT2D eigenvalue weighted by Gasteiger charge is -2.31. The van der Waals surface area contributed by atoms with Gasteiger partial charge in [0.2, 0.25) is 0 Å². The van der Waals surface area contributed by atoms with Crippen LogP contribution in [0.3, 0.4) is 0 Å². The molecular weight excluding hydrogens is 520 g/mol. The van der Waals surface area contributed by atoms with Crippen LogP contribution in [-0.4, -0.2) is 63.6 Å². The number of likely N-dealkylation sites (tertiary alicyclic amines) is 2. The number of benzene rings is 1. The molecule has 208 valence electrons. The minimum atomic E-state index is -0.337. The Morgan fingerprint density at radius 1 is 0.925 bits per heavy atom. The highest BCUT2D eigenvalue weighted by Gasteiger charge is 2.30. The van der Waals surface area contributed by atoms with Gasteiger partial charge in [-0.05, 0) is 113 Å². The third-order valence-electron chi connectivity index (χ3n) is 8.77. The SMILES string of the molecule is CN1CCCC(c2cc(-c3c(C4CCN(C(N)=O)CC4)c4ccncc4n3-c3ccc(Cl)cc3)ccn2)CCC1. The van der Waals surface area contributed by atoms with Crippen LogP contribution in [0.2, 0.25) is 5.02 Å². The summed E-state index contributed by atoms with van der Waals surface area (Å²) in [6, 6.07) is 14.3. The molecule has 40 heavy (non-hydrogen) atoms. The van der Waals surface area contributed by atoms with Crippen molar-refractivity contribution in [2.45, 2.75) is 50.4 Å². The number of piperidine rings is 1. The van der Waals surface area contributed by atoms with Crippen LogP contribution in [0.5, 0.6) is 0 Å². The second kappa shape index (κ2) is 11.6. The average Bonchev–Trinajstić information content (AvgIpc) is 3.31. The standard InChI is InChI=1S/C32H37ClN6O/c1-37-16-2-4-22(5-3-17-37)28-20-24(10-15-36-28)31-30(23-12-18-38(19-13-23)32(34)40)27-11-14-35-21-29(27)39(31)26-8-6-25(33)7-9-26/h6-11,14-15,20-23H,2-5,12-13,16-19H2,1H3,(H2,34,40). The lowest BCUT2D eigenvalue weighted by Crippen LogP contribution is -2.41. The van der Waals surface area contributed by atoms with Crippen LogP contribution >= 0.6 is 11.6 Å². The van der Waals surface area contributed by atoms with E-state index in [1.807, 2.05) is 30.7 Å². The smallest absolute Gasteiger partial charge is 0.314 e. The van der Waals surface area contributed by atoms with Crippen molar-refractivity contribution in [2.24, 2.45) is 5.73 Å². The van der Waals surface area contributed by atoms with Crippen LogP contribution in [0.1, 0.15) is 61.6 Å². The van der Waals surface area contributed by atoms with E-state index in [0.29, 0.717) is 24.0 Å². The third-order valence-corrected chi connectivity index (χ3v) is 9.02. The molecule has 6 rings (SSSR count). The van der Waals surface area contributed by atoms with Crippen molar-refractivity contribution < 1.29 is 4.79 Å². The Morgan fingerprint density at radius 3 is 2.35 bits per heavy atom. The summed E-state index contributed by atoms with van der Waals surface area (Å²) in [4.78, 5) is 25.5. The molecule has 2 amide bonds. The number of aromatic nitrogens is 3. The zero-order valence-electron chi connectivity index (χ0n) is 23.1. The highest BCUT2D eigenvalue weighted by atomic mass is 35.5. The van der Waals surface area contributed by atoms with Gasteiger partial charge in [0.05, 0.1) is 17.4 Å². The van der Waals surface area contributed by atoms with Crippen molar-refractivity contribution in [3.05, 3.63) is 77.3 Å². The summed E-state index contributed by atoms with van der Waals surface area (Å²) in [5.74, 6) is 0.753. The summed E-state index contributed by atoms with van der Waals surface area (Å²) in [6.45, 7) is 3.61. The van der Waals surface area contributed by atoms with Gasteiger partial charge in [0, 0.05) is 58.8 Å². The van der Waals surface area contributed by atoms with Crippen molar-refractivity contribution in [3.8, 4) is 16.9 Å². The number of carbonyl (C=O) groups is 1. The maximum Gasteiger partial charge on any atom is 0.314 e. The number of hydrogen-bond acceptors (Lipinski definition) is 4. The Balaban J connectivity index is 1.50. The number of halogens is 1. The maximum atomic E-state index is 11.9. The molecule has 2 fully saturated rings. The minimum Gasteiger partial charge on any atom is -0.351 e. The number of pyridine rings is 2. The quantitative estimate of drug-likeness (QED) is 0.307. The van der Waals surface area contributed by atoms with E-state index in [2.05, 4.69) is 51.8 Å². The fraction of sp³-hybridized carbons (Fsp3) is 0.406. The third kappa shape index (κ3) is 5.32. The van der Waals surface area contributed by atoms with Crippen LogP contribution in [0.4, 0.5) is 4.79 Å². The molecule has 0 aliphatic carbocycles. The highest BCUT2D eigenvalue weighted by Crippen LogP contribution is 2.44. The molecule has 4 aromatic rings. The van der Waals surface area contributed by atoms with E-state index in [4.69, 9.17) is 22.3 Å². The molecule has 0 saturated carbocycles.